The number of pyridine rings is 1. The number of carbonyl (C=O) groups excluding carboxylic acids is 1. The number of carbonyl (C=O) groups is 1. The van der Waals surface area contributed by atoms with E-state index < -0.39 is 0 Å². The summed E-state index contributed by atoms with van der Waals surface area (Å²) in [6.45, 7) is 5.01. The lowest BCUT2D eigenvalue weighted by Crippen LogP contribution is -2.50. The molecular weight excluding hydrogens is 252 g/mol. The normalized spacial score (nSPS) is 20.1. The van der Waals surface area contributed by atoms with Crippen molar-refractivity contribution in [1.29, 1.82) is 0 Å². The van der Waals surface area contributed by atoms with Gasteiger partial charge in [-0.15, -0.1) is 0 Å². The van der Waals surface area contributed by atoms with Gasteiger partial charge < -0.3 is 10.2 Å². The molecule has 0 aromatic carbocycles. The van der Waals surface area contributed by atoms with Crippen LogP contribution in [0, 0.1) is 0 Å². The van der Waals surface area contributed by atoms with Crippen LogP contribution in [0.15, 0.2) is 24.5 Å². The van der Waals surface area contributed by atoms with E-state index in [1.807, 2.05) is 17.2 Å². The summed E-state index contributed by atoms with van der Waals surface area (Å²) in [4.78, 5) is 20.5. The van der Waals surface area contributed by atoms with Crippen molar-refractivity contribution in [1.82, 2.24) is 20.1 Å². The number of rotatable bonds is 5. The first kappa shape index (κ1) is 13.5. The van der Waals surface area contributed by atoms with Crippen molar-refractivity contribution < 1.29 is 4.79 Å². The van der Waals surface area contributed by atoms with Gasteiger partial charge in [-0.2, -0.15) is 0 Å². The lowest BCUT2D eigenvalue weighted by molar-refractivity contribution is -0.132. The molecule has 1 saturated heterocycles. The molecule has 2 heterocycles. The minimum absolute atomic E-state index is 0.248. The molecule has 0 radical (unpaired) electrons. The summed E-state index contributed by atoms with van der Waals surface area (Å²) in [7, 11) is 0. The predicted octanol–water partition coefficient (Wildman–Crippen LogP) is 0.478. The third kappa shape index (κ3) is 3.77. The Bertz CT molecular complexity index is 438. The van der Waals surface area contributed by atoms with E-state index in [-0.39, 0.29) is 5.91 Å². The quantitative estimate of drug-likeness (QED) is 0.848. The van der Waals surface area contributed by atoms with Gasteiger partial charge in [0.25, 0.3) is 0 Å². The van der Waals surface area contributed by atoms with E-state index in [0.717, 1.165) is 32.7 Å². The molecule has 1 amide bonds. The maximum Gasteiger partial charge on any atom is 0.236 e. The van der Waals surface area contributed by atoms with Crippen LogP contribution in [0.4, 0.5) is 0 Å². The number of hydrogen-bond donors (Lipinski definition) is 1. The molecule has 5 nitrogen and oxygen atoms in total. The van der Waals surface area contributed by atoms with Crippen molar-refractivity contribution in [2.24, 2.45) is 0 Å². The molecule has 0 bridgehead atoms. The largest absolute Gasteiger partial charge is 0.339 e. The second-order valence-corrected chi connectivity index (χ2v) is 5.67. The van der Waals surface area contributed by atoms with E-state index in [1.165, 1.54) is 18.4 Å². The van der Waals surface area contributed by atoms with Gasteiger partial charge in [-0.05, 0) is 24.5 Å². The number of amides is 1. The van der Waals surface area contributed by atoms with E-state index in [9.17, 15) is 4.79 Å². The number of hydrogen-bond acceptors (Lipinski definition) is 4. The van der Waals surface area contributed by atoms with E-state index in [0.29, 0.717) is 12.6 Å². The van der Waals surface area contributed by atoms with Crippen LogP contribution >= 0.6 is 0 Å². The molecular formula is C15H22N4O. The van der Waals surface area contributed by atoms with Gasteiger partial charge in [-0.3, -0.25) is 14.7 Å². The summed E-state index contributed by atoms with van der Waals surface area (Å²) >= 11 is 0. The van der Waals surface area contributed by atoms with Crippen LogP contribution in [0.3, 0.4) is 0 Å². The zero-order valence-electron chi connectivity index (χ0n) is 11.8. The zero-order valence-corrected chi connectivity index (χ0v) is 11.8. The van der Waals surface area contributed by atoms with Crippen molar-refractivity contribution in [2.75, 3.05) is 32.7 Å². The Kier molecular flexibility index (Phi) is 4.28. The van der Waals surface area contributed by atoms with Crippen molar-refractivity contribution in [3.05, 3.63) is 30.1 Å². The molecule has 0 atom stereocenters. The molecule has 5 heteroatoms. The number of nitrogens with zero attached hydrogens (tertiary/aromatic N) is 3. The van der Waals surface area contributed by atoms with Crippen molar-refractivity contribution in [2.45, 2.75) is 25.4 Å². The Hall–Kier alpha value is -1.46. The first-order valence-corrected chi connectivity index (χ1v) is 7.44. The second-order valence-electron chi connectivity index (χ2n) is 5.67. The Labute approximate surface area is 120 Å². The highest BCUT2D eigenvalue weighted by Crippen LogP contribution is 2.18. The Morgan fingerprint density at radius 1 is 1.30 bits per heavy atom. The molecule has 0 spiro atoms. The Morgan fingerprint density at radius 2 is 2.10 bits per heavy atom. The third-order valence-corrected chi connectivity index (χ3v) is 3.97. The summed E-state index contributed by atoms with van der Waals surface area (Å²) in [5.74, 6) is 0.248. The maximum atomic E-state index is 12.0. The summed E-state index contributed by atoms with van der Waals surface area (Å²) in [5, 5.41) is 3.29. The van der Waals surface area contributed by atoms with Gasteiger partial charge in [0.1, 0.15) is 0 Å². The molecule has 1 aliphatic heterocycles. The van der Waals surface area contributed by atoms with Crippen molar-refractivity contribution in [3.63, 3.8) is 0 Å². The topological polar surface area (TPSA) is 48.5 Å². The highest BCUT2D eigenvalue weighted by molar-refractivity contribution is 5.78. The van der Waals surface area contributed by atoms with Gasteiger partial charge >= 0.3 is 0 Å². The van der Waals surface area contributed by atoms with Crippen LogP contribution in [0.5, 0.6) is 0 Å². The molecule has 1 aliphatic carbocycles. The lowest BCUT2D eigenvalue weighted by Gasteiger charge is -2.34. The van der Waals surface area contributed by atoms with Crippen molar-refractivity contribution in [3.8, 4) is 0 Å². The van der Waals surface area contributed by atoms with Crippen molar-refractivity contribution >= 4 is 5.91 Å². The molecule has 1 N–H and O–H groups in total. The molecule has 20 heavy (non-hydrogen) atoms. The first-order valence-electron chi connectivity index (χ1n) is 7.44. The Balaban J connectivity index is 1.40. The third-order valence-electron chi connectivity index (χ3n) is 3.97. The number of aromatic nitrogens is 1. The second kappa shape index (κ2) is 6.33. The van der Waals surface area contributed by atoms with Crippen LogP contribution in [0.2, 0.25) is 0 Å². The highest BCUT2D eigenvalue weighted by atomic mass is 16.2. The van der Waals surface area contributed by atoms with Crippen LogP contribution in [0.1, 0.15) is 18.4 Å². The van der Waals surface area contributed by atoms with E-state index in [2.05, 4.69) is 21.3 Å². The summed E-state index contributed by atoms with van der Waals surface area (Å²) in [6, 6.07) is 4.67. The van der Waals surface area contributed by atoms with Gasteiger partial charge in [-0.25, -0.2) is 0 Å². The summed E-state index contributed by atoms with van der Waals surface area (Å²) in [5.41, 5.74) is 1.24. The van der Waals surface area contributed by atoms with Crippen LogP contribution in [-0.4, -0.2) is 59.5 Å². The van der Waals surface area contributed by atoms with Gasteiger partial charge in [0.05, 0.1) is 6.54 Å². The standard InChI is InChI=1S/C15H22N4O/c20-15(11-17-14-3-4-14)19-8-6-18(7-9-19)12-13-2-1-5-16-10-13/h1-2,5,10,14,17H,3-4,6-9,11-12H2. The molecule has 1 aromatic heterocycles. The molecule has 108 valence electrons. The SMILES string of the molecule is O=C(CNC1CC1)N1CCN(Cc2cccnc2)CC1. The fraction of sp³-hybridized carbons (Fsp3) is 0.600. The number of piperazine rings is 1. The monoisotopic (exact) mass is 274 g/mol. The average molecular weight is 274 g/mol. The molecule has 2 aliphatic rings. The van der Waals surface area contributed by atoms with Gasteiger partial charge in [-0.1, -0.05) is 6.07 Å². The predicted molar refractivity (Wildman–Crippen MR) is 77.1 cm³/mol. The van der Waals surface area contributed by atoms with Crippen LogP contribution in [0.25, 0.3) is 0 Å². The molecule has 1 saturated carbocycles. The van der Waals surface area contributed by atoms with E-state index in [4.69, 9.17) is 0 Å². The van der Waals surface area contributed by atoms with Gasteiger partial charge in [0.2, 0.25) is 5.91 Å². The minimum atomic E-state index is 0.248. The summed E-state index contributed by atoms with van der Waals surface area (Å²) < 4.78 is 0. The Morgan fingerprint density at radius 3 is 2.75 bits per heavy atom. The molecule has 1 aromatic rings. The smallest absolute Gasteiger partial charge is 0.236 e. The molecule has 2 fully saturated rings. The number of nitrogens with one attached hydrogen (secondary N) is 1. The maximum absolute atomic E-state index is 12.0. The highest BCUT2D eigenvalue weighted by Gasteiger charge is 2.24. The van der Waals surface area contributed by atoms with Gasteiger partial charge in [0, 0.05) is 51.2 Å². The molecule has 3 rings (SSSR count). The summed E-state index contributed by atoms with van der Waals surface area (Å²) in [6.07, 6.45) is 6.17. The van der Waals surface area contributed by atoms with E-state index >= 15 is 0 Å². The zero-order chi connectivity index (χ0) is 13.8. The first-order chi connectivity index (χ1) is 9.81. The van der Waals surface area contributed by atoms with E-state index in [1.54, 1.807) is 6.20 Å². The van der Waals surface area contributed by atoms with Crippen LogP contribution in [-0.2, 0) is 11.3 Å². The minimum Gasteiger partial charge on any atom is -0.339 e. The average Bonchev–Trinajstić information content (AvgIpc) is 3.31. The molecule has 0 unspecified atom stereocenters. The fourth-order valence-electron chi connectivity index (χ4n) is 2.54. The van der Waals surface area contributed by atoms with Gasteiger partial charge in [0.15, 0.2) is 0 Å². The van der Waals surface area contributed by atoms with Crippen LogP contribution < -0.4 is 5.32 Å². The lowest BCUT2D eigenvalue weighted by atomic mass is 10.2. The fourth-order valence-corrected chi connectivity index (χ4v) is 2.54.